The van der Waals surface area contributed by atoms with E-state index in [9.17, 15) is 9.90 Å². The number of hydrogen-bond donors (Lipinski definition) is 2. The van der Waals surface area contributed by atoms with Crippen molar-refractivity contribution in [3.05, 3.63) is 108 Å². The maximum absolute atomic E-state index is 12.9. The summed E-state index contributed by atoms with van der Waals surface area (Å²) in [6.45, 7) is 2.53. The molecule has 29 heavy (non-hydrogen) atoms. The molecule has 0 saturated carbocycles. The van der Waals surface area contributed by atoms with Gasteiger partial charge in [-0.25, -0.2) is 4.79 Å². The van der Waals surface area contributed by atoms with Crippen molar-refractivity contribution in [3.63, 3.8) is 0 Å². The summed E-state index contributed by atoms with van der Waals surface area (Å²) in [5.41, 5.74) is 1.95. The second-order valence-corrected chi connectivity index (χ2v) is 7.64. The number of nitrogens with zero attached hydrogens (tertiary/aromatic N) is 1. The Morgan fingerprint density at radius 3 is 1.97 bits per heavy atom. The maximum Gasteiger partial charge on any atom is 0.330 e. The van der Waals surface area contributed by atoms with Crippen LogP contribution >= 0.6 is 0 Å². The van der Waals surface area contributed by atoms with Gasteiger partial charge in [0.05, 0.1) is 6.17 Å². The number of carboxylic acid groups (broad SMARTS) is 1. The minimum Gasteiger partial charge on any atom is -0.480 e. The molecule has 0 amide bonds. The van der Waals surface area contributed by atoms with Crippen molar-refractivity contribution >= 4 is 5.97 Å². The van der Waals surface area contributed by atoms with Gasteiger partial charge in [-0.15, -0.1) is 0 Å². The standard InChI is InChI=1S/C25H26N2O2/c1-19-25(24(28)29,22-15-9-4-10-16-22)27(18-21-13-7-3-8-14-21)23(26-19)17-20-11-5-2-6-12-20/h2-16,19,23,26H,17-18H2,1H3,(H,28,29). The van der Waals surface area contributed by atoms with E-state index in [-0.39, 0.29) is 12.2 Å². The van der Waals surface area contributed by atoms with Crippen LogP contribution in [0.2, 0.25) is 0 Å². The van der Waals surface area contributed by atoms with Gasteiger partial charge in [0, 0.05) is 19.0 Å². The summed E-state index contributed by atoms with van der Waals surface area (Å²) in [5, 5.41) is 14.1. The largest absolute Gasteiger partial charge is 0.480 e. The summed E-state index contributed by atoms with van der Waals surface area (Å²) in [6.07, 6.45) is 0.642. The van der Waals surface area contributed by atoms with E-state index in [0.717, 1.165) is 17.5 Å². The number of rotatable bonds is 6. The van der Waals surface area contributed by atoms with E-state index >= 15 is 0 Å². The molecular formula is C25H26N2O2. The molecule has 1 aliphatic heterocycles. The second-order valence-electron chi connectivity index (χ2n) is 7.64. The summed E-state index contributed by atoms with van der Waals surface area (Å²) < 4.78 is 0. The number of carboxylic acids is 1. The zero-order valence-corrected chi connectivity index (χ0v) is 16.5. The minimum absolute atomic E-state index is 0.0936. The third kappa shape index (κ3) is 3.57. The lowest BCUT2D eigenvalue weighted by Gasteiger charge is -2.39. The molecule has 1 aliphatic rings. The molecule has 0 radical (unpaired) electrons. The molecule has 4 rings (SSSR count). The van der Waals surface area contributed by atoms with Crippen molar-refractivity contribution in [1.82, 2.24) is 10.2 Å². The highest BCUT2D eigenvalue weighted by Crippen LogP contribution is 2.40. The molecule has 3 unspecified atom stereocenters. The van der Waals surface area contributed by atoms with Crippen LogP contribution in [-0.4, -0.2) is 28.2 Å². The second kappa shape index (κ2) is 8.19. The fraction of sp³-hybridized carbons (Fsp3) is 0.240. The van der Waals surface area contributed by atoms with E-state index in [1.807, 2.05) is 73.7 Å². The minimum atomic E-state index is -1.14. The average Bonchev–Trinajstić information content (AvgIpc) is 3.02. The molecule has 4 nitrogen and oxygen atoms in total. The lowest BCUT2D eigenvalue weighted by atomic mass is 9.83. The fourth-order valence-electron chi connectivity index (χ4n) is 4.55. The number of hydrogen-bond acceptors (Lipinski definition) is 3. The number of benzene rings is 3. The van der Waals surface area contributed by atoms with E-state index in [2.05, 4.69) is 34.5 Å². The van der Waals surface area contributed by atoms with Crippen molar-refractivity contribution < 1.29 is 9.90 Å². The van der Waals surface area contributed by atoms with Crippen LogP contribution in [-0.2, 0) is 23.3 Å². The molecule has 0 aliphatic carbocycles. The predicted octanol–water partition coefficient (Wildman–Crippen LogP) is 4.03. The first kappa shape index (κ1) is 19.4. The van der Waals surface area contributed by atoms with E-state index < -0.39 is 11.5 Å². The van der Waals surface area contributed by atoms with E-state index in [4.69, 9.17) is 0 Å². The molecule has 4 heteroatoms. The Morgan fingerprint density at radius 2 is 1.41 bits per heavy atom. The van der Waals surface area contributed by atoms with Gasteiger partial charge in [0.1, 0.15) is 0 Å². The molecule has 1 heterocycles. The zero-order chi connectivity index (χ0) is 20.3. The summed E-state index contributed by atoms with van der Waals surface area (Å²) >= 11 is 0. The molecule has 1 saturated heterocycles. The third-order valence-electron chi connectivity index (χ3n) is 5.91. The van der Waals surface area contributed by atoms with Gasteiger partial charge in [0.25, 0.3) is 0 Å². The van der Waals surface area contributed by atoms with E-state index in [1.165, 1.54) is 5.56 Å². The molecule has 1 fully saturated rings. The first-order valence-electron chi connectivity index (χ1n) is 10.0. The van der Waals surface area contributed by atoms with Crippen molar-refractivity contribution in [2.24, 2.45) is 0 Å². The summed E-state index contributed by atoms with van der Waals surface area (Å²) in [7, 11) is 0. The fourth-order valence-corrected chi connectivity index (χ4v) is 4.55. The Kier molecular flexibility index (Phi) is 5.47. The maximum atomic E-state index is 12.9. The van der Waals surface area contributed by atoms with E-state index in [0.29, 0.717) is 6.54 Å². The van der Waals surface area contributed by atoms with Crippen molar-refractivity contribution in [2.75, 3.05) is 0 Å². The van der Waals surface area contributed by atoms with Gasteiger partial charge in [-0.2, -0.15) is 0 Å². The van der Waals surface area contributed by atoms with E-state index in [1.54, 1.807) is 0 Å². The third-order valence-corrected chi connectivity index (χ3v) is 5.91. The van der Waals surface area contributed by atoms with Crippen LogP contribution in [0.25, 0.3) is 0 Å². The highest BCUT2D eigenvalue weighted by molar-refractivity contribution is 5.82. The molecule has 0 aromatic heterocycles. The van der Waals surface area contributed by atoms with Gasteiger partial charge in [-0.1, -0.05) is 91.0 Å². The Labute approximate surface area is 171 Å². The van der Waals surface area contributed by atoms with Crippen molar-refractivity contribution in [3.8, 4) is 0 Å². The van der Waals surface area contributed by atoms with Gasteiger partial charge in [-0.3, -0.25) is 10.2 Å². The molecule has 148 valence electrons. The predicted molar refractivity (Wildman–Crippen MR) is 114 cm³/mol. The smallest absolute Gasteiger partial charge is 0.330 e. The zero-order valence-electron chi connectivity index (χ0n) is 16.5. The summed E-state index contributed by atoms with van der Waals surface area (Å²) in [5.74, 6) is -0.824. The van der Waals surface area contributed by atoms with Gasteiger partial charge >= 0.3 is 5.97 Å². The summed E-state index contributed by atoms with van der Waals surface area (Å²) in [4.78, 5) is 15.0. The van der Waals surface area contributed by atoms with Crippen molar-refractivity contribution in [1.29, 1.82) is 0 Å². The van der Waals surface area contributed by atoms with Crippen LogP contribution in [0.15, 0.2) is 91.0 Å². The highest BCUT2D eigenvalue weighted by Gasteiger charge is 2.57. The van der Waals surface area contributed by atoms with Gasteiger partial charge in [0.15, 0.2) is 5.54 Å². The molecule has 3 atom stereocenters. The van der Waals surface area contributed by atoms with Crippen LogP contribution in [0, 0.1) is 0 Å². The number of nitrogens with one attached hydrogen (secondary N) is 1. The summed E-state index contributed by atoms with van der Waals surface area (Å²) in [6, 6.07) is 29.7. The lowest BCUT2D eigenvalue weighted by Crippen LogP contribution is -2.54. The lowest BCUT2D eigenvalue weighted by molar-refractivity contribution is -0.152. The van der Waals surface area contributed by atoms with Crippen LogP contribution < -0.4 is 5.32 Å². The Bertz CT molecular complexity index is 946. The number of aliphatic carboxylic acids is 1. The highest BCUT2D eigenvalue weighted by atomic mass is 16.4. The van der Waals surface area contributed by atoms with Crippen molar-refractivity contribution in [2.45, 2.75) is 37.6 Å². The SMILES string of the molecule is CC1NC(Cc2ccccc2)N(Cc2ccccc2)C1(C(=O)O)c1ccccc1. The number of carbonyl (C=O) groups is 1. The Hall–Kier alpha value is -2.95. The van der Waals surface area contributed by atoms with Gasteiger partial charge in [0.2, 0.25) is 0 Å². The monoisotopic (exact) mass is 386 g/mol. The topological polar surface area (TPSA) is 52.6 Å². The van der Waals surface area contributed by atoms with Gasteiger partial charge < -0.3 is 5.11 Å². The molecule has 0 bridgehead atoms. The quantitative estimate of drug-likeness (QED) is 0.672. The molecular weight excluding hydrogens is 360 g/mol. The van der Waals surface area contributed by atoms with Gasteiger partial charge in [-0.05, 0) is 23.6 Å². The van der Waals surface area contributed by atoms with Crippen LogP contribution in [0.3, 0.4) is 0 Å². The first-order chi connectivity index (χ1) is 14.1. The van der Waals surface area contributed by atoms with Crippen LogP contribution in [0.4, 0.5) is 0 Å². The molecule has 3 aromatic rings. The average molecular weight is 386 g/mol. The molecule has 0 spiro atoms. The Balaban J connectivity index is 1.80. The van der Waals surface area contributed by atoms with Crippen LogP contribution in [0.1, 0.15) is 23.6 Å². The molecule has 3 aromatic carbocycles. The normalized spacial score (nSPS) is 24.4. The molecule has 2 N–H and O–H groups in total. The first-order valence-corrected chi connectivity index (χ1v) is 10.0. The van der Waals surface area contributed by atoms with Crippen LogP contribution in [0.5, 0.6) is 0 Å². The Morgan fingerprint density at radius 1 is 0.897 bits per heavy atom.